The highest BCUT2D eigenvalue weighted by Crippen LogP contribution is 2.19. The molecule has 5 heteroatoms. The first kappa shape index (κ1) is 14.3. The molecule has 1 aromatic heterocycles. The minimum Gasteiger partial charge on any atom is -0.370 e. The monoisotopic (exact) mass is 280 g/mol. The third-order valence-electron chi connectivity index (χ3n) is 3.39. The van der Waals surface area contributed by atoms with Crippen LogP contribution in [0.4, 0.5) is 0 Å². The fraction of sp³-hybridized carbons (Fsp3) is 0.714. The Hall–Kier alpha value is -1.10. The molecule has 2 heterocycles. The molecule has 0 atom stereocenters. The highest BCUT2D eigenvalue weighted by atomic mass is 32.1. The van der Waals surface area contributed by atoms with Crippen molar-refractivity contribution in [1.29, 1.82) is 0 Å². The third kappa shape index (κ3) is 4.20. The van der Waals surface area contributed by atoms with Crippen molar-refractivity contribution in [3.63, 3.8) is 0 Å². The van der Waals surface area contributed by atoms with Crippen molar-refractivity contribution in [3.8, 4) is 0 Å². The molecular formula is C14H24N4S. The minimum absolute atomic E-state index is 0.515. The van der Waals surface area contributed by atoms with Crippen LogP contribution >= 0.6 is 11.3 Å². The summed E-state index contributed by atoms with van der Waals surface area (Å²) < 4.78 is 0. The van der Waals surface area contributed by atoms with Crippen LogP contribution in [-0.4, -0.2) is 35.5 Å². The number of hydrogen-bond donors (Lipinski definition) is 1. The van der Waals surface area contributed by atoms with Crippen LogP contribution in [0.1, 0.15) is 49.7 Å². The first-order valence-electron chi connectivity index (χ1n) is 7.16. The first-order chi connectivity index (χ1) is 9.16. The molecule has 1 aliphatic heterocycles. The van der Waals surface area contributed by atoms with Gasteiger partial charge in [0.2, 0.25) is 0 Å². The summed E-state index contributed by atoms with van der Waals surface area (Å²) in [4.78, 5) is 11.3. The predicted octanol–water partition coefficient (Wildman–Crippen LogP) is 2.61. The lowest BCUT2D eigenvalue weighted by Crippen LogP contribution is -2.41. The standard InChI is InChI=1S/C14H24N4S/c1-11(2)13-17-12(10-19-13)6-7-16-14(15)18-8-4-3-5-9-18/h10-11H,3-9H2,1-2H3,(H2,15,16). The number of nitrogens with two attached hydrogens (primary N) is 1. The van der Waals surface area contributed by atoms with Crippen molar-refractivity contribution in [2.24, 2.45) is 10.7 Å². The summed E-state index contributed by atoms with van der Waals surface area (Å²) in [5.41, 5.74) is 7.17. The SMILES string of the molecule is CC(C)c1nc(CCN=C(N)N2CCCCC2)cs1. The molecule has 4 nitrogen and oxygen atoms in total. The van der Waals surface area contributed by atoms with Gasteiger partial charge >= 0.3 is 0 Å². The second-order valence-corrected chi connectivity index (χ2v) is 6.26. The largest absolute Gasteiger partial charge is 0.370 e. The molecule has 0 bridgehead atoms. The predicted molar refractivity (Wildman–Crippen MR) is 81.8 cm³/mol. The number of hydrogen-bond acceptors (Lipinski definition) is 3. The molecule has 2 rings (SSSR count). The van der Waals surface area contributed by atoms with Crippen molar-refractivity contribution in [2.45, 2.75) is 45.4 Å². The Labute approximate surface area is 119 Å². The Balaban J connectivity index is 1.80. The summed E-state index contributed by atoms with van der Waals surface area (Å²) in [6.07, 6.45) is 4.68. The lowest BCUT2D eigenvalue weighted by molar-refractivity contribution is 0.338. The van der Waals surface area contributed by atoms with E-state index < -0.39 is 0 Å². The zero-order chi connectivity index (χ0) is 13.7. The van der Waals surface area contributed by atoms with Gasteiger partial charge < -0.3 is 10.6 Å². The number of thiazole rings is 1. The summed E-state index contributed by atoms with van der Waals surface area (Å²) in [6.45, 7) is 7.21. The van der Waals surface area contributed by atoms with Crippen molar-refractivity contribution in [3.05, 3.63) is 16.1 Å². The maximum Gasteiger partial charge on any atom is 0.191 e. The summed E-state index contributed by atoms with van der Waals surface area (Å²) in [7, 11) is 0. The van der Waals surface area contributed by atoms with Crippen molar-refractivity contribution < 1.29 is 0 Å². The van der Waals surface area contributed by atoms with Gasteiger partial charge in [-0.15, -0.1) is 11.3 Å². The number of aromatic nitrogens is 1. The van der Waals surface area contributed by atoms with Gasteiger partial charge in [0.15, 0.2) is 5.96 Å². The molecule has 0 spiro atoms. The van der Waals surface area contributed by atoms with E-state index in [1.54, 1.807) is 11.3 Å². The topological polar surface area (TPSA) is 54.5 Å². The second-order valence-electron chi connectivity index (χ2n) is 5.37. The fourth-order valence-electron chi connectivity index (χ4n) is 2.21. The molecule has 0 amide bonds. The van der Waals surface area contributed by atoms with Crippen LogP contribution in [0.2, 0.25) is 0 Å². The van der Waals surface area contributed by atoms with Crippen LogP contribution in [0.15, 0.2) is 10.4 Å². The van der Waals surface area contributed by atoms with Gasteiger partial charge in [0.1, 0.15) is 0 Å². The Morgan fingerprint density at radius 2 is 2.16 bits per heavy atom. The van der Waals surface area contributed by atoms with Crippen LogP contribution in [0, 0.1) is 0 Å². The van der Waals surface area contributed by atoms with Gasteiger partial charge in [0.25, 0.3) is 0 Å². The van der Waals surface area contributed by atoms with Crippen LogP contribution in [-0.2, 0) is 6.42 Å². The van der Waals surface area contributed by atoms with E-state index in [0.29, 0.717) is 11.9 Å². The molecule has 0 aromatic carbocycles. The molecule has 1 saturated heterocycles. The maximum atomic E-state index is 6.02. The van der Waals surface area contributed by atoms with Crippen LogP contribution in [0.25, 0.3) is 0 Å². The lowest BCUT2D eigenvalue weighted by Gasteiger charge is -2.27. The summed E-state index contributed by atoms with van der Waals surface area (Å²) in [5, 5.41) is 3.35. The van der Waals surface area contributed by atoms with E-state index in [0.717, 1.165) is 31.7 Å². The normalized spacial score (nSPS) is 17.2. The average molecular weight is 280 g/mol. The second kappa shape index (κ2) is 6.89. The van der Waals surface area contributed by atoms with Gasteiger partial charge in [-0.3, -0.25) is 4.99 Å². The number of rotatable bonds is 4. The molecule has 0 unspecified atom stereocenters. The molecule has 1 aliphatic rings. The molecule has 19 heavy (non-hydrogen) atoms. The van der Waals surface area contributed by atoms with Gasteiger partial charge in [-0.1, -0.05) is 13.8 Å². The molecule has 1 aromatic rings. The van der Waals surface area contributed by atoms with Gasteiger partial charge in [-0.25, -0.2) is 4.98 Å². The number of aliphatic imine (C=N–C) groups is 1. The molecule has 0 saturated carbocycles. The molecule has 0 radical (unpaired) electrons. The van der Waals surface area contributed by atoms with Gasteiger partial charge in [-0.2, -0.15) is 0 Å². The molecule has 1 fully saturated rings. The van der Waals surface area contributed by atoms with Gasteiger partial charge in [0.05, 0.1) is 10.7 Å². The fourth-order valence-corrected chi connectivity index (χ4v) is 3.08. The highest BCUT2D eigenvalue weighted by Gasteiger charge is 2.11. The zero-order valence-electron chi connectivity index (χ0n) is 11.9. The Bertz CT molecular complexity index is 419. The van der Waals surface area contributed by atoms with Gasteiger partial charge in [-0.05, 0) is 19.3 Å². The van der Waals surface area contributed by atoms with E-state index in [9.17, 15) is 0 Å². The Morgan fingerprint density at radius 1 is 1.42 bits per heavy atom. The molecule has 0 aliphatic carbocycles. The van der Waals surface area contributed by atoms with Gasteiger partial charge in [0, 0.05) is 37.4 Å². The minimum atomic E-state index is 0.515. The van der Waals surface area contributed by atoms with Crippen LogP contribution in [0.5, 0.6) is 0 Å². The van der Waals surface area contributed by atoms with Crippen LogP contribution in [0.3, 0.4) is 0 Å². The van der Waals surface area contributed by atoms with E-state index in [1.165, 1.54) is 24.3 Å². The first-order valence-corrected chi connectivity index (χ1v) is 8.04. The number of piperidine rings is 1. The summed E-state index contributed by atoms with van der Waals surface area (Å²) in [5.74, 6) is 1.22. The van der Waals surface area contributed by atoms with Crippen molar-refractivity contribution in [2.75, 3.05) is 19.6 Å². The lowest BCUT2D eigenvalue weighted by atomic mass is 10.1. The van der Waals surface area contributed by atoms with E-state index in [4.69, 9.17) is 5.73 Å². The van der Waals surface area contributed by atoms with Crippen molar-refractivity contribution >= 4 is 17.3 Å². The smallest absolute Gasteiger partial charge is 0.191 e. The highest BCUT2D eigenvalue weighted by molar-refractivity contribution is 7.09. The van der Waals surface area contributed by atoms with E-state index >= 15 is 0 Å². The maximum absolute atomic E-state index is 6.02. The van der Waals surface area contributed by atoms with E-state index in [1.807, 2.05) is 0 Å². The third-order valence-corrected chi connectivity index (χ3v) is 4.58. The van der Waals surface area contributed by atoms with E-state index in [2.05, 4.69) is 34.1 Å². The summed E-state index contributed by atoms with van der Waals surface area (Å²) in [6, 6.07) is 0. The van der Waals surface area contributed by atoms with Crippen molar-refractivity contribution in [1.82, 2.24) is 9.88 Å². The Morgan fingerprint density at radius 3 is 2.79 bits per heavy atom. The van der Waals surface area contributed by atoms with E-state index in [-0.39, 0.29) is 0 Å². The molecule has 2 N–H and O–H groups in total. The number of guanidine groups is 1. The van der Waals surface area contributed by atoms with Crippen LogP contribution < -0.4 is 5.73 Å². The molecular weight excluding hydrogens is 256 g/mol. The average Bonchev–Trinajstić information content (AvgIpc) is 2.89. The zero-order valence-corrected chi connectivity index (χ0v) is 12.7. The molecule has 106 valence electrons. The quantitative estimate of drug-likeness (QED) is 0.681. The number of nitrogens with zero attached hydrogens (tertiary/aromatic N) is 3. The summed E-state index contributed by atoms with van der Waals surface area (Å²) >= 11 is 1.74. The Kier molecular flexibility index (Phi) is 5.19. The number of likely N-dealkylation sites (tertiary alicyclic amines) is 1.